The van der Waals surface area contributed by atoms with Gasteiger partial charge >= 0.3 is 6.18 Å². The van der Waals surface area contributed by atoms with Crippen LogP contribution >= 0.6 is 0 Å². The summed E-state index contributed by atoms with van der Waals surface area (Å²) in [4.78, 5) is 11.5. The number of carbonyl (C=O) groups is 1. The Bertz CT molecular complexity index is 446. The van der Waals surface area contributed by atoms with Crippen molar-refractivity contribution >= 4 is 5.91 Å². The molecule has 0 radical (unpaired) electrons. The number of unbranched alkanes of at least 4 members (excludes halogenated alkanes) is 1. The van der Waals surface area contributed by atoms with Gasteiger partial charge in [0, 0.05) is 18.7 Å². The molecular formula is C12H13F4NO2. The number of rotatable bonds is 5. The molecule has 1 amide bonds. The molecule has 19 heavy (non-hydrogen) atoms. The first kappa shape index (κ1) is 15.4. The lowest BCUT2D eigenvalue weighted by Gasteiger charge is -2.10. The van der Waals surface area contributed by atoms with Gasteiger partial charge in [-0.15, -0.1) is 0 Å². The second-order valence-corrected chi connectivity index (χ2v) is 3.88. The van der Waals surface area contributed by atoms with Gasteiger partial charge in [0.15, 0.2) is 0 Å². The fourth-order valence-corrected chi connectivity index (χ4v) is 1.42. The molecule has 0 atom stereocenters. The fraction of sp³-hybridized carbons (Fsp3) is 0.417. The minimum atomic E-state index is -4.84. The van der Waals surface area contributed by atoms with Crippen LogP contribution in [0.15, 0.2) is 18.2 Å². The van der Waals surface area contributed by atoms with Gasteiger partial charge in [-0.1, -0.05) is 0 Å². The number of hydrogen-bond acceptors (Lipinski definition) is 2. The lowest BCUT2D eigenvalue weighted by molar-refractivity contribution is -0.140. The van der Waals surface area contributed by atoms with E-state index >= 15 is 0 Å². The van der Waals surface area contributed by atoms with E-state index in [-0.39, 0.29) is 18.7 Å². The summed E-state index contributed by atoms with van der Waals surface area (Å²) in [6, 6.07) is 2.09. The molecule has 3 nitrogen and oxygen atoms in total. The number of amides is 1. The van der Waals surface area contributed by atoms with E-state index in [0.717, 1.165) is 6.07 Å². The van der Waals surface area contributed by atoms with Crippen LogP contribution in [-0.4, -0.2) is 24.2 Å². The summed E-state index contributed by atoms with van der Waals surface area (Å²) in [5, 5.41) is 10.9. The van der Waals surface area contributed by atoms with Crippen LogP contribution in [0, 0.1) is 5.82 Å². The zero-order chi connectivity index (χ0) is 14.5. The molecule has 0 spiro atoms. The first-order valence-corrected chi connectivity index (χ1v) is 5.62. The average molecular weight is 279 g/mol. The second kappa shape index (κ2) is 6.51. The van der Waals surface area contributed by atoms with Crippen LogP contribution in [0.2, 0.25) is 0 Å². The average Bonchev–Trinajstić information content (AvgIpc) is 2.33. The van der Waals surface area contributed by atoms with Gasteiger partial charge < -0.3 is 10.4 Å². The van der Waals surface area contributed by atoms with E-state index in [4.69, 9.17) is 5.11 Å². The van der Waals surface area contributed by atoms with Crippen molar-refractivity contribution in [3.63, 3.8) is 0 Å². The first-order valence-electron chi connectivity index (χ1n) is 5.62. The van der Waals surface area contributed by atoms with Crippen molar-refractivity contribution in [3.05, 3.63) is 35.1 Å². The lowest BCUT2D eigenvalue weighted by Crippen LogP contribution is -2.25. The normalized spacial score (nSPS) is 11.4. The lowest BCUT2D eigenvalue weighted by atomic mass is 10.1. The van der Waals surface area contributed by atoms with E-state index in [0.29, 0.717) is 25.0 Å². The van der Waals surface area contributed by atoms with Crippen LogP contribution < -0.4 is 5.32 Å². The fourth-order valence-electron chi connectivity index (χ4n) is 1.42. The standard InChI is InChI=1S/C12H13F4NO2/c13-10-4-3-8(7-9(10)12(14,15)16)11(19)17-5-1-2-6-18/h3-4,7,18H,1-2,5-6H2,(H,17,19). The van der Waals surface area contributed by atoms with Crippen molar-refractivity contribution < 1.29 is 27.5 Å². The van der Waals surface area contributed by atoms with Crippen LogP contribution in [-0.2, 0) is 6.18 Å². The van der Waals surface area contributed by atoms with Gasteiger partial charge in [0.25, 0.3) is 5.91 Å². The summed E-state index contributed by atoms with van der Waals surface area (Å²) in [5.74, 6) is -2.12. The topological polar surface area (TPSA) is 49.3 Å². The van der Waals surface area contributed by atoms with E-state index in [2.05, 4.69) is 5.32 Å². The molecule has 1 rings (SSSR count). The van der Waals surface area contributed by atoms with E-state index in [1.165, 1.54) is 0 Å². The molecule has 0 unspecified atom stereocenters. The van der Waals surface area contributed by atoms with Gasteiger partial charge in [-0.3, -0.25) is 4.79 Å². The number of benzene rings is 1. The Balaban J connectivity index is 2.76. The predicted molar refractivity (Wildman–Crippen MR) is 60.1 cm³/mol. The van der Waals surface area contributed by atoms with Crippen molar-refractivity contribution in [3.8, 4) is 0 Å². The molecule has 1 aromatic carbocycles. The summed E-state index contributed by atoms with van der Waals surface area (Å²) in [7, 11) is 0. The van der Waals surface area contributed by atoms with E-state index < -0.39 is 23.5 Å². The van der Waals surface area contributed by atoms with Crippen LogP contribution in [0.3, 0.4) is 0 Å². The van der Waals surface area contributed by atoms with Gasteiger partial charge in [0.2, 0.25) is 0 Å². The molecule has 0 heterocycles. The number of nitrogens with one attached hydrogen (secondary N) is 1. The first-order chi connectivity index (χ1) is 8.86. The third-order valence-electron chi connectivity index (χ3n) is 2.40. The SMILES string of the molecule is O=C(NCCCCO)c1ccc(F)c(C(F)(F)F)c1. The summed E-state index contributed by atoms with van der Waals surface area (Å²) in [6.45, 7) is 0.211. The molecule has 106 valence electrons. The van der Waals surface area contributed by atoms with Crippen molar-refractivity contribution in [2.45, 2.75) is 19.0 Å². The molecule has 0 saturated heterocycles. The van der Waals surface area contributed by atoms with Crippen molar-refractivity contribution in [1.29, 1.82) is 0 Å². The van der Waals surface area contributed by atoms with Crippen molar-refractivity contribution in [2.24, 2.45) is 0 Å². The number of alkyl halides is 3. The highest BCUT2D eigenvalue weighted by Crippen LogP contribution is 2.31. The number of aliphatic hydroxyl groups excluding tert-OH is 1. The maximum Gasteiger partial charge on any atom is 0.419 e. The van der Waals surface area contributed by atoms with Gasteiger partial charge in [-0.2, -0.15) is 13.2 Å². The Morgan fingerprint density at radius 1 is 1.26 bits per heavy atom. The monoisotopic (exact) mass is 279 g/mol. The van der Waals surface area contributed by atoms with E-state index in [1.54, 1.807) is 0 Å². The zero-order valence-electron chi connectivity index (χ0n) is 9.93. The Morgan fingerprint density at radius 2 is 1.95 bits per heavy atom. The highest BCUT2D eigenvalue weighted by atomic mass is 19.4. The molecule has 0 aliphatic carbocycles. The molecule has 0 bridgehead atoms. The van der Waals surface area contributed by atoms with E-state index in [9.17, 15) is 22.4 Å². The molecule has 0 aliphatic heterocycles. The molecule has 2 N–H and O–H groups in total. The zero-order valence-corrected chi connectivity index (χ0v) is 9.93. The van der Waals surface area contributed by atoms with E-state index in [1.807, 2.05) is 0 Å². The van der Waals surface area contributed by atoms with Crippen LogP contribution in [0.5, 0.6) is 0 Å². The quantitative estimate of drug-likeness (QED) is 0.642. The Kier molecular flexibility index (Phi) is 5.29. The Morgan fingerprint density at radius 3 is 2.53 bits per heavy atom. The largest absolute Gasteiger partial charge is 0.419 e. The van der Waals surface area contributed by atoms with Crippen molar-refractivity contribution in [2.75, 3.05) is 13.2 Å². The van der Waals surface area contributed by atoms with Gasteiger partial charge in [-0.25, -0.2) is 4.39 Å². The molecule has 1 aromatic rings. The minimum absolute atomic E-state index is 0.0232. The number of carbonyl (C=O) groups excluding carboxylic acids is 1. The second-order valence-electron chi connectivity index (χ2n) is 3.88. The maximum atomic E-state index is 13.0. The highest BCUT2D eigenvalue weighted by molar-refractivity contribution is 5.94. The van der Waals surface area contributed by atoms with Gasteiger partial charge in [-0.05, 0) is 31.0 Å². The third kappa shape index (κ3) is 4.51. The molecule has 0 saturated carbocycles. The van der Waals surface area contributed by atoms with Crippen molar-refractivity contribution in [1.82, 2.24) is 5.32 Å². The molecule has 0 aromatic heterocycles. The number of halogens is 4. The third-order valence-corrected chi connectivity index (χ3v) is 2.40. The number of aliphatic hydroxyl groups is 1. The Hall–Kier alpha value is -1.63. The maximum absolute atomic E-state index is 13.0. The van der Waals surface area contributed by atoms with Gasteiger partial charge in [0.05, 0.1) is 5.56 Å². The van der Waals surface area contributed by atoms with Gasteiger partial charge in [0.1, 0.15) is 5.82 Å². The van der Waals surface area contributed by atoms with Crippen LogP contribution in [0.1, 0.15) is 28.8 Å². The molecular weight excluding hydrogens is 266 g/mol. The number of hydrogen-bond donors (Lipinski definition) is 2. The minimum Gasteiger partial charge on any atom is -0.396 e. The highest BCUT2D eigenvalue weighted by Gasteiger charge is 2.34. The summed E-state index contributed by atoms with van der Waals surface area (Å²) in [6.07, 6.45) is -3.84. The van der Waals surface area contributed by atoms with Crippen LogP contribution in [0.4, 0.5) is 17.6 Å². The molecule has 7 heteroatoms. The summed E-state index contributed by atoms with van der Waals surface area (Å²) in [5.41, 5.74) is -1.71. The smallest absolute Gasteiger partial charge is 0.396 e. The molecule has 0 fully saturated rings. The summed E-state index contributed by atoms with van der Waals surface area (Å²) < 4.78 is 50.3. The predicted octanol–water partition coefficient (Wildman–Crippen LogP) is 2.35. The molecule has 0 aliphatic rings. The Labute approximate surface area is 107 Å². The van der Waals surface area contributed by atoms with Crippen LogP contribution in [0.25, 0.3) is 0 Å². The summed E-state index contributed by atoms with van der Waals surface area (Å²) >= 11 is 0.